The Bertz CT molecular complexity index is 1130. The van der Waals surface area contributed by atoms with Crippen LogP contribution < -0.4 is 10.5 Å². The third kappa shape index (κ3) is 4.13. The number of nitrogen functional groups attached to an aromatic ring is 1. The smallest absolute Gasteiger partial charge is 0.388 e. The highest BCUT2D eigenvalue weighted by molar-refractivity contribution is 7.91. The van der Waals surface area contributed by atoms with E-state index in [1.165, 1.54) is 7.05 Å². The molecule has 0 saturated carbocycles. The van der Waals surface area contributed by atoms with Crippen LogP contribution in [0.5, 0.6) is 5.88 Å². The highest BCUT2D eigenvalue weighted by Crippen LogP contribution is 2.44. The molecule has 0 unspecified atom stereocenters. The highest BCUT2D eigenvalue weighted by Gasteiger charge is 2.30. The molecule has 0 aliphatic heterocycles. The first-order valence-electron chi connectivity index (χ1n) is 6.86. The number of anilines is 1. The zero-order valence-corrected chi connectivity index (χ0v) is 17.1. The number of aryl methyl sites for hydroxylation is 1. The summed E-state index contributed by atoms with van der Waals surface area (Å²) in [5.74, 6) is -0.546. The molecule has 0 fully saturated rings. The third-order valence-electron chi connectivity index (χ3n) is 3.38. The van der Waals surface area contributed by atoms with Gasteiger partial charge in [0.25, 0.3) is 0 Å². The lowest BCUT2D eigenvalue weighted by atomic mass is 10.1. The SMILES string of the molecule is Cn1nc(-c2cc(S(C)(=O)=O)c(Cl)c(N)c2S(C)(=O)=O)c(Cl)c1OC(F)F. The van der Waals surface area contributed by atoms with Crippen LogP contribution >= 0.6 is 23.2 Å². The Labute approximate surface area is 163 Å². The summed E-state index contributed by atoms with van der Waals surface area (Å²) in [5.41, 5.74) is 4.61. The summed E-state index contributed by atoms with van der Waals surface area (Å²) in [4.78, 5) is -1.01. The standard InChI is InChI=1S/C13H13Cl2F2N3O5S2/c1-20-12(25-13(16)17)8(15)10(19-20)5-4-6(26(2,21)22)7(14)9(18)11(5)27(3,23)24/h4,13H,18H2,1-3H3. The summed E-state index contributed by atoms with van der Waals surface area (Å²) >= 11 is 12.0. The summed E-state index contributed by atoms with van der Waals surface area (Å²) in [7, 11) is -6.74. The highest BCUT2D eigenvalue weighted by atomic mass is 35.5. The maximum absolute atomic E-state index is 12.6. The van der Waals surface area contributed by atoms with Gasteiger partial charge in [0.15, 0.2) is 19.7 Å². The fraction of sp³-hybridized carbons (Fsp3) is 0.308. The molecule has 0 aliphatic carbocycles. The van der Waals surface area contributed by atoms with E-state index >= 15 is 0 Å². The fourth-order valence-corrected chi connectivity index (χ4v) is 5.11. The fourth-order valence-electron chi connectivity index (χ4n) is 2.35. The summed E-state index contributed by atoms with van der Waals surface area (Å²) in [6, 6.07) is 0.921. The van der Waals surface area contributed by atoms with E-state index in [-0.39, 0.29) is 11.3 Å². The number of rotatable bonds is 5. The van der Waals surface area contributed by atoms with Crippen LogP contribution in [0.2, 0.25) is 10.0 Å². The van der Waals surface area contributed by atoms with Crippen molar-refractivity contribution in [1.29, 1.82) is 0 Å². The Kier molecular flexibility index (Phi) is 5.68. The molecule has 0 amide bonds. The largest absolute Gasteiger partial charge is 0.416 e. The molecule has 0 saturated heterocycles. The van der Waals surface area contributed by atoms with Crippen LogP contribution in [0.25, 0.3) is 11.3 Å². The number of ether oxygens (including phenoxy) is 1. The lowest BCUT2D eigenvalue weighted by Crippen LogP contribution is -2.10. The number of aromatic nitrogens is 2. The second kappa shape index (κ2) is 7.08. The van der Waals surface area contributed by atoms with Crippen molar-refractivity contribution in [3.05, 3.63) is 16.1 Å². The van der Waals surface area contributed by atoms with Crippen LogP contribution in [-0.4, -0.2) is 45.7 Å². The molecule has 150 valence electrons. The van der Waals surface area contributed by atoms with Crippen molar-refractivity contribution < 1.29 is 30.4 Å². The first-order chi connectivity index (χ1) is 12.2. The van der Waals surface area contributed by atoms with Gasteiger partial charge >= 0.3 is 6.61 Å². The van der Waals surface area contributed by atoms with Gasteiger partial charge in [-0.2, -0.15) is 13.9 Å². The van der Waals surface area contributed by atoms with Gasteiger partial charge in [0.1, 0.15) is 15.6 Å². The van der Waals surface area contributed by atoms with Crippen LogP contribution in [-0.2, 0) is 26.7 Å². The minimum Gasteiger partial charge on any atom is -0.416 e. The predicted octanol–water partition coefficient (Wildman–Crippen LogP) is 2.38. The molecule has 27 heavy (non-hydrogen) atoms. The average Bonchev–Trinajstić information content (AvgIpc) is 2.74. The quantitative estimate of drug-likeness (QED) is 0.675. The predicted molar refractivity (Wildman–Crippen MR) is 95.9 cm³/mol. The first-order valence-corrected chi connectivity index (χ1v) is 11.4. The first kappa shape index (κ1) is 21.7. The molecule has 8 nitrogen and oxygen atoms in total. The normalized spacial score (nSPS) is 12.6. The van der Waals surface area contributed by atoms with Crippen molar-refractivity contribution in [2.24, 2.45) is 7.05 Å². The van der Waals surface area contributed by atoms with Gasteiger partial charge in [-0.1, -0.05) is 23.2 Å². The van der Waals surface area contributed by atoms with Crippen LogP contribution in [0.4, 0.5) is 14.5 Å². The minimum atomic E-state index is -4.04. The van der Waals surface area contributed by atoms with E-state index in [4.69, 9.17) is 28.9 Å². The second-order valence-electron chi connectivity index (χ2n) is 5.49. The van der Waals surface area contributed by atoms with Crippen LogP contribution in [0.1, 0.15) is 0 Å². The van der Waals surface area contributed by atoms with Crippen molar-refractivity contribution in [2.75, 3.05) is 18.2 Å². The van der Waals surface area contributed by atoms with E-state index in [2.05, 4.69) is 9.84 Å². The van der Waals surface area contributed by atoms with Gasteiger partial charge in [0, 0.05) is 25.1 Å². The maximum Gasteiger partial charge on any atom is 0.388 e. The van der Waals surface area contributed by atoms with E-state index in [0.717, 1.165) is 23.3 Å². The Morgan fingerprint density at radius 1 is 1.15 bits per heavy atom. The molecule has 0 spiro atoms. The summed E-state index contributed by atoms with van der Waals surface area (Å²) in [5, 5.41) is 2.93. The number of hydrogen-bond acceptors (Lipinski definition) is 7. The van der Waals surface area contributed by atoms with Gasteiger partial charge in [-0.15, -0.1) is 0 Å². The van der Waals surface area contributed by atoms with E-state index in [1.807, 2.05) is 0 Å². The molecule has 1 aromatic carbocycles. The monoisotopic (exact) mass is 463 g/mol. The number of hydrogen-bond donors (Lipinski definition) is 1. The van der Waals surface area contributed by atoms with E-state index in [9.17, 15) is 25.6 Å². The molecule has 1 aromatic heterocycles. The van der Waals surface area contributed by atoms with Gasteiger partial charge in [0.05, 0.1) is 15.6 Å². The van der Waals surface area contributed by atoms with Crippen molar-refractivity contribution >= 4 is 48.6 Å². The van der Waals surface area contributed by atoms with Gasteiger partial charge in [-0.05, 0) is 6.07 Å². The summed E-state index contributed by atoms with van der Waals surface area (Å²) in [6.45, 7) is -3.22. The Balaban J connectivity index is 2.98. The van der Waals surface area contributed by atoms with Gasteiger partial charge in [-0.25, -0.2) is 21.5 Å². The lowest BCUT2D eigenvalue weighted by molar-refractivity contribution is -0.0552. The molecule has 2 N–H and O–H groups in total. The average molecular weight is 464 g/mol. The van der Waals surface area contributed by atoms with Crippen molar-refractivity contribution in [3.8, 4) is 17.1 Å². The van der Waals surface area contributed by atoms with Crippen molar-refractivity contribution in [3.63, 3.8) is 0 Å². The zero-order valence-electron chi connectivity index (χ0n) is 14.0. The minimum absolute atomic E-state index is 0.315. The zero-order chi connectivity index (χ0) is 20.9. The Hall–Kier alpha value is -1.63. The van der Waals surface area contributed by atoms with Crippen LogP contribution in [0, 0.1) is 0 Å². The molecule has 0 aliphatic rings. The van der Waals surface area contributed by atoms with Crippen molar-refractivity contribution in [2.45, 2.75) is 16.4 Å². The number of sulfone groups is 2. The Morgan fingerprint density at radius 2 is 1.70 bits per heavy atom. The molecule has 1 heterocycles. The van der Waals surface area contributed by atoms with E-state index in [0.29, 0.717) is 0 Å². The van der Waals surface area contributed by atoms with E-state index in [1.54, 1.807) is 0 Å². The summed E-state index contributed by atoms with van der Waals surface area (Å²) < 4.78 is 78.7. The summed E-state index contributed by atoms with van der Waals surface area (Å²) in [6.07, 6.45) is 1.65. The number of nitrogens with zero attached hydrogens (tertiary/aromatic N) is 2. The van der Waals surface area contributed by atoms with E-state index < -0.39 is 57.7 Å². The van der Waals surface area contributed by atoms with Gasteiger partial charge in [-0.3, -0.25) is 0 Å². The second-order valence-corrected chi connectivity index (χ2v) is 10.2. The molecule has 0 radical (unpaired) electrons. The van der Waals surface area contributed by atoms with Crippen LogP contribution in [0.3, 0.4) is 0 Å². The van der Waals surface area contributed by atoms with Gasteiger partial charge < -0.3 is 10.5 Å². The molecular formula is C13H13Cl2F2N3O5S2. The number of benzene rings is 1. The third-order valence-corrected chi connectivity index (χ3v) is 6.55. The molecule has 0 bridgehead atoms. The van der Waals surface area contributed by atoms with Crippen LogP contribution in [0.15, 0.2) is 15.9 Å². The molecule has 2 aromatic rings. The topological polar surface area (TPSA) is 121 Å². The lowest BCUT2D eigenvalue weighted by Gasteiger charge is -2.14. The maximum atomic E-state index is 12.6. The molecule has 14 heteroatoms. The number of alkyl halides is 2. The molecule has 0 atom stereocenters. The van der Waals surface area contributed by atoms with Gasteiger partial charge in [0.2, 0.25) is 5.88 Å². The number of halogens is 4. The molecule has 2 rings (SSSR count). The Morgan fingerprint density at radius 3 is 2.15 bits per heavy atom. The molecular weight excluding hydrogens is 451 g/mol. The number of nitrogens with two attached hydrogens (primary N) is 1. The van der Waals surface area contributed by atoms with Crippen molar-refractivity contribution in [1.82, 2.24) is 9.78 Å².